The third-order valence-electron chi connectivity index (χ3n) is 1.66. The van der Waals surface area contributed by atoms with Gasteiger partial charge in [0, 0.05) is 7.05 Å². The first-order valence-corrected chi connectivity index (χ1v) is 5.08. The minimum atomic E-state index is -1.30. The lowest BCUT2D eigenvalue weighted by atomic mass is 10.2. The van der Waals surface area contributed by atoms with Crippen molar-refractivity contribution >= 4 is 18.0 Å². The number of ether oxygens (including phenoxy) is 1. The number of aliphatic carboxylic acids is 1. The van der Waals surface area contributed by atoms with E-state index in [1.165, 1.54) is 7.05 Å². The van der Waals surface area contributed by atoms with Gasteiger partial charge in [-0.3, -0.25) is 4.79 Å². The molecule has 0 aliphatic carbocycles. The van der Waals surface area contributed by atoms with Gasteiger partial charge in [0.05, 0.1) is 6.42 Å². The van der Waals surface area contributed by atoms with Crippen LogP contribution in [0.2, 0.25) is 0 Å². The van der Waals surface area contributed by atoms with E-state index >= 15 is 0 Å². The van der Waals surface area contributed by atoms with E-state index in [1.807, 2.05) is 0 Å². The van der Waals surface area contributed by atoms with Gasteiger partial charge >= 0.3 is 12.1 Å². The van der Waals surface area contributed by atoms with Gasteiger partial charge in [-0.2, -0.15) is 0 Å². The summed E-state index contributed by atoms with van der Waals surface area (Å²) < 4.78 is 4.89. The highest BCUT2D eigenvalue weighted by Crippen LogP contribution is 2.07. The first-order valence-electron chi connectivity index (χ1n) is 5.08. The van der Waals surface area contributed by atoms with Crippen LogP contribution < -0.4 is 10.6 Å². The summed E-state index contributed by atoms with van der Waals surface area (Å²) in [6, 6.07) is -1.30. The molecule has 17 heavy (non-hydrogen) atoms. The summed E-state index contributed by atoms with van der Waals surface area (Å²) in [5.41, 5.74) is -0.722. The molecule has 2 amide bonds. The molecule has 0 aliphatic heterocycles. The van der Waals surface area contributed by atoms with Crippen molar-refractivity contribution in [2.24, 2.45) is 0 Å². The number of hydrogen-bond acceptors (Lipinski definition) is 4. The Kier molecular flexibility index (Phi) is 5.43. The molecular weight excluding hydrogens is 228 g/mol. The predicted octanol–water partition coefficient (Wildman–Crippen LogP) is 0.100. The molecule has 0 unspecified atom stereocenters. The molecule has 7 nitrogen and oxygen atoms in total. The lowest BCUT2D eigenvalue weighted by Gasteiger charge is -2.21. The van der Waals surface area contributed by atoms with Crippen LogP contribution in [-0.2, 0) is 14.3 Å². The van der Waals surface area contributed by atoms with E-state index in [2.05, 4.69) is 10.6 Å². The standard InChI is InChI=1S/C10H18N2O5/c1-10(2,3)17-9(16)12-6(8(14)15)5-7(13)11-4/h6H,5H2,1-4H3,(H,11,13)(H,12,16)(H,14,15)/t6-/m0/s1. The van der Waals surface area contributed by atoms with Crippen molar-refractivity contribution in [3.05, 3.63) is 0 Å². The summed E-state index contributed by atoms with van der Waals surface area (Å²) in [5.74, 6) is -1.77. The van der Waals surface area contributed by atoms with Crippen molar-refractivity contribution in [3.63, 3.8) is 0 Å². The van der Waals surface area contributed by atoms with Crippen molar-refractivity contribution in [3.8, 4) is 0 Å². The molecule has 0 heterocycles. The lowest BCUT2D eigenvalue weighted by molar-refractivity contribution is -0.141. The van der Waals surface area contributed by atoms with Crippen LogP contribution in [0, 0.1) is 0 Å². The SMILES string of the molecule is CNC(=O)C[C@H](NC(=O)OC(C)(C)C)C(=O)O. The molecule has 0 aromatic rings. The summed E-state index contributed by atoms with van der Waals surface area (Å²) in [6.07, 6.45) is -1.21. The van der Waals surface area contributed by atoms with Gasteiger partial charge < -0.3 is 20.5 Å². The third kappa shape index (κ3) is 7.15. The average Bonchev–Trinajstić information content (AvgIpc) is 2.13. The Bertz CT molecular complexity index is 308. The largest absolute Gasteiger partial charge is 0.480 e. The molecule has 1 atom stereocenters. The van der Waals surface area contributed by atoms with Gasteiger partial charge in [-0.05, 0) is 20.8 Å². The highest BCUT2D eigenvalue weighted by Gasteiger charge is 2.25. The number of rotatable bonds is 4. The molecule has 98 valence electrons. The number of hydrogen-bond donors (Lipinski definition) is 3. The minimum absolute atomic E-state index is 0.342. The number of carbonyl (C=O) groups excluding carboxylic acids is 2. The molecule has 3 N–H and O–H groups in total. The molecule has 0 rings (SSSR count). The molecule has 0 bridgehead atoms. The molecule has 7 heteroatoms. The molecular formula is C10H18N2O5. The van der Waals surface area contributed by atoms with Crippen LogP contribution in [-0.4, -0.2) is 41.8 Å². The topological polar surface area (TPSA) is 105 Å². The molecule has 0 aliphatic rings. The minimum Gasteiger partial charge on any atom is -0.480 e. The summed E-state index contributed by atoms with van der Waals surface area (Å²) in [6.45, 7) is 4.96. The molecule has 0 saturated heterocycles. The first-order chi connectivity index (χ1) is 7.65. The summed E-state index contributed by atoms with van der Waals surface area (Å²) in [4.78, 5) is 33.1. The lowest BCUT2D eigenvalue weighted by Crippen LogP contribution is -2.45. The van der Waals surface area contributed by atoms with Crippen LogP contribution in [0.5, 0.6) is 0 Å². The van der Waals surface area contributed by atoms with Gasteiger partial charge in [0.2, 0.25) is 5.91 Å². The zero-order valence-electron chi connectivity index (χ0n) is 10.4. The monoisotopic (exact) mass is 246 g/mol. The Morgan fingerprint density at radius 1 is 1.29 bits per heavy atom. The number of carboxylic acid groups (broad SMARTS) is 1. The van der Waals surface area contributed by atoms with E-state index < -0.39 is 29.6 Å². The van der Waals surface area contributed by atoms with Crippen molar-refractivity contribution in [2.45, 2.75) is 38.8 Å². The van der Waals surface area contributed by atoms with Gasteiger partial charge in [-0.25, -0.2) is 9.59 Å². The maximum atomic E-state index is 11.3. The van der Waals surface area contributed by atoms with Crippen molar-refractivity contribution < 1.29 is 24.2 Å². The Hall–Kier alpha value is -1.79. The number of amides is 2. The second kappa shape index (κ2) is 6.07. The van der Waals surface area contributed by atoms with Crippen molar-refractivity contribution in [2.75, 3.05) is 7.05 Å². The van der Waals surface area contributed by atoms with Crippen molar-refractivity contribution in [1.82, 2.24) is 10.6 Å². The van der Waals surface area contributed by atoms with E-state index in [-0.39, 0.29) is 6.42 Å². The molecule has 0 radical (unpaired) electrons. The molecule has 0 saturated carbocycles. The zero-order valence-corrected chi connectivity index (χ0v) is 10.4. The third-order valence-corrected chi connectivity index (χ3v) is 1.66. The Morgan fingerprint density at radius 2 is 1.82 bits per heavy atom. The maximum Gasteiger partial charge on any atom is 0.408 e. The van der Waals surface area contributed by atoms with E-state index in [0.29, 0.717) is 0 Å². The Morgan fingerprint density at radius 3 is 2.18 bits per heavy atom. The predicted molar refractivity (Wildman–Crippen MR) is 59.5 cm³/mol. The van der Waals surface area contributed by atoms with Gasteiger partial charge in [0.25, 0.3) is 0 Å². The van der Waals surface area contributed by atoms with Crippen LogP contribution in [0.25, 0.3) is 0 Å². The fourth-order valence-corrected chi connectivity index (χ4v) is 0.937. The fraction of sp³-hybridized carbons (Fsp3) is 0.700. The highest BCUT2D eigenvalue weighted by atomic mass is 16.6. The second-order valence-corrected chi connectivity index (χ2v) is 4.41. The normalized spacial score (nSPS) is 12.5. The van der Waals surface area contributed by atoms with Crippen molar-refractivity contribution in [1.29, 1.82) is 0 Å². The number of carbonyl (C=O) groups is 3. The van der Waals surface area contributed by atoms with Gasteiger partial charge in [0.15, 0.2) is 0 Å². The maximum absolute atomic E-state index is 11.3. The highest BCUT2D eigenvalue weighted by molar-refractivity contribution is 5.87. The van der Waals surface area contributed by atoms with E-state index in [1.54, 1.807) is 20.8 Å². The average molecular weight is 246 g/mol. The summed E-state index contributed by atoms with van der Waals surface area (Å²) in [7, 11) is 1.38. The number of nitrogens with one attached hydrogen (secondary N) is 2. The number of carboxylic acids is 1. The van der Waals surface area contributed by atoms with Crippen LogP contribution >= 0.6 is 0 Å². The van der Waals surface area contributed by atoms with E-state index in [0.717, 1.165) is 0 Å². The smallest absolute Gasteiger partial charge is 0.408 e. The molecule has 0 aromatic heterocycles. The molecule has 0 spiro atoms. The Labute approximate surface area is 99.5 Å². The van der Waals surface area contributed by atoms with E-state index in [4.69, 9.17) is 9.84 Å². The van der Waals surface area contributed by atoms with Crippen LogP contribution in [0.15, 0.2) is 0 Å². The summed E-state index contributed by atoms with van der Waals surface area (Å²) >= 11 is 0. The quantitative estimate of drug-likeness (QED) is 0.652. The number of alkyl carbamates (subject to hydrolysis) is 1. The van der Waals surface area contributed by atoms with E-state index in [9.17, 15) is 14.4 Å². The van der Waals surface area contributed by atoms with Gasteiger partial charge in [-0.15, -0.1) is 0 Å². The molecule has 0 aromatic carbocycles. The second-order valence-electron chi connectivity index (χ2n) is 4.41. The van der Waals surface area contributed by atoms with Crippen LogP contribution in [0.3, 0.4) is 0 Å². The summed E-state index contributed by atoms with van der Waals surface area (Å²) in [5, 5.41) is 13.2. The Balaban J connectivity index is 4.41. The zero-order chi connectivity index (χ0) is 13.6. The van der Waals surface area contributed by atoms with Crippen LogP contribution in [0.4, 0.5) is 4.79 Å². The molecule has 0 fully saturated rings. The van der Waals surface area contributed by atoms with Gasteiger partial charge in [0.1, 0.15) is 11.6 Å². The fourth-order valence-electron chi connectivity index (χ4n) is 0.937. The van der Waals surface area contributed by atoms with Gasteiger partial charge in [-0.1, -0.05) is 0 Å². The first kappa shape index (κ1) is 15.2. The van der Waals surface area contributed by atoms with Crippen LogP contribution in [0.1, 0.15) is 27.2 Å².